The fraction of sp³-hybridized carbons (Fsp3) is 0.700. The molecule has 1 fully saturated rings. The Labute approximate surface area is 145 Å². The van der Waals surface area contributed by atoms with Crippen molar-refractivity contribution in [2.24, 2.45) is 0 Å². The van der Waals surface area contributed by atoms with Crippen molar-refractivity contribution in [3.63, 3.8) is 0 Å². The molecule has 1 aromatic rings. The van der Waals surface area contributed by atoms with Crippen LogP contribution in [0, 0.1) is 3.57 Å². The fourth-order valence-electron chi connectivity index (χ4n) is 3.82. The molecule has 0 radical (unpaired) electrons. The Bertz CT molecular complexity index is 418. The van der Waals surface area contributed by atoms with Crippen molar-refractivity contribution < 1.29 is 0 Å². The van der Waals surface area contributed by atoms with E-state index in [2.05, 4.69) is 54.6 Å². The van der Waals surface area contributed by atoms with Gasteiger partial charge in [0, 0.05) is 3.57 Å². The summed E-state index contributed by atoms with van der Waals surface area (Å²) in [7, 11) is 0. The summed E-state index contributed by atoms with van der Waals surface area (Å²) in [5, 5.41) is 0. The first-order valence-corrected chi connectivity index (χ1v) is 10.1. The van der Waals surface area contributed by atoms with Gasteiger partial charge >= 0.3 is 0 Å². The van der Waals surface area contributed by atoms with Crippen LogP contribution in [0.2, 0.25) is 0 Å². The monoisotopic (exact) mass is 398 g/mol. The average molecular weight is 398 g/mol. The van der Waals surface area contributed by atoms with Crippen molar-refractivity contribution >= 4 is 22.6 Å². The van der Waals surface area contributed by atoms with E-state index in [1.54, 1.807) is 11.1 Å². The maximum Gasteiger partial charge on any atom is 0.0136 e. The molecule has 0 aromatic heterocycles. The topological polar surface area (TPSA) is 0 Å². The predicted molar refractivity (Wildman–Crippen MR) is 102 cm³/mol. The van der Waals surface area contributed by atoms with Crippen molar-refractivity contribution in [1.82, 2.24) is 0 Å². The van der Waals surface area contributed by atoms with Crippen molar-refractivity contribution in [3.8, 4) is 0 Å². The molecule has 0 nitrogen and oxygen atoms in total. The van der Waals surface area contributed by atoms with Crippen LogP contribution < -0.4 is 0 Å². The van der Waals surface area contributed by atoms with Crippen LogP contribution in [0.1, 0.15) is 101 Å². The first kappa shape index (κ1) is 17.3. The van der Waals surface area contributed by atoms with E-state index < -0.39 is 0 Å². The minimum absolute atomic E-state index is 0.784. The Hall–Kier alpha value is -0.0500. The van der Waals surface area contributed by atoms with Gasteiger partial charge in [-0.1, -0.05) is 58.4 Å². The van der Waals surface area contributed by atoms with Gasteiger partial charge in [0.1, 0.15) is 0 Å². The molecule has 0 heterocycles. The number of benzene rings is 1. The summed E-state index contributed by atoms with van der Waals surface area (Å²) in [6, 6.07) is 7.46. The highest BCUT2D eigenvalue weighted by molar-refractivity contribution is 14.1. The third-order valence-electron chi connectivity index (χ3n) is 5.03. The van der Waals surface area contributed by atoms with Gasteiger partial charge in [-0.15, -0.1) is 0 Å². The summed E-state index contributed by atoms with van der Waals surface area (Å²) in [4.78, 5) is 0. The first-order chi connectivity index (χ1) is 10.2. The SMILES string of the molecule is CCCCC(CCC)c1cc(I)cc(C2CCCCC2)c1. The van der Waals surface area contributed by atoms with E-state index in [0.717, 1.165) is 11.8 Å². The van der Waals surface area contributed by atoms with Crippen molar-refractivity contribution in [2.45, 2.75) is 89.9 Å². The van der Waals surface area contributed by atoms with Gasteiger partial charge in [0.15, 0.2) is 0 Å². The second-order valence-corrected chi connectivity index (χ2v) is 8.03. The molecule has 0 spiro atoms. The van der Waals surface area contributed by atoms with Crippen molar-refractivity contribution in [3.05, 3.63) is 32.9 Å². The number of rotatable bonds is 7. The molecule has 0 N–H and O–H groups in total. The maximum atomic E-state index is 2.56. The van der Waals surface area contributed by atoms with Crippen LogP contribution in [0.15, 0.2) is 18.2 Å². The quantitative estimate of drug-likeness (QED) is 0.420. The molecule has 0 bridgehead atoms. The second-order valence-electron chi connectivity index (χ2n) is 6.78. The Morgan fingerprint density at radius 3 is 2.43 bits per heavy atom. The molecular formula is C20H31I. The van der Waals surface area contributed by atoms with Crippen molar-refractivity contribution in [1.29, 1.82) is 0 Å². The van der Waals surface area contributed by atoms with Gasteiger partial charge in [-0.3, -0.25) is 0 Å². The van der Waals surface area contributed by atoms with Crippen molar-refractivity contribution in [2.75, 3.05) is 0 Å². The lowest BCUT2D eigenvalue weighted by molar-refractivity contribution is 0.442. The molecule has 21 heavy (non-hydrogen) atoms. The predicted octanol–water partition coefficient (Wildman–Crippen LogP) is 7.41. The van der Waals surface area contributed by atoms with E-state index in [1.165, 1.54) is 67.8 Å². The molecule has 1 atom stereocenters. The molecule has 118 valence electrons. The van der Waals surface area contributed by atoms with E-state index in [-0.39, 0.29) is 0 Å². The van der Waals surface area contributed by atoms with Crippen LogP contribution in [0.4, 0.5) is 0 Å². The zero-order valence-electron chi connectivity index (χ0n) is 13.8. The standard InChI is InChI=1S/C20H31I/c1-3-5-10-16(9-4-2)18-13-19(15-20(21)14-18)17-11-7-6-8-12-17/h13-17H,3-12H2,1-2H3. The number of hydrogen-bond donors (Lipinski definition) is 0. The summed E-state index contributed by atoms with van der Waals surface area (Å²) >= 11 is 2.53. The van der Waals surface area contributed by atoms with Gasteiger partial charge in [-0.25, -0.2) is 0 Å². The molecule has 1 unspecified atom stereocenters. The van der Waals surface area contributed by atoms with Crippen LogP contribution in [0.5, 0.6) is 0 Å². The van der Waals surface area contributed by atoms with E-state index in [4.69, 9.17) is 0 Å². The van der Waals surface area contributed by atoms with Crippen LogP contribution in [0.3, 0.4) is 0 Å². The van der Waals surface area contributed by atoms with Crippen LogP contribution >= 0.6 is 22.6 Å². The van der Waals surface area contributed by atoms with Crippen LogP contribution in [-0.4, -0.2) is 0 Å². The minimum atomic E-state index is 0.784. The number of unbranched alkanes of at least 4 members (excludes halogenated alkanes) is 1. The zero-order valence-corrected chi connectivity index (χ0v) is 16.0. The largest absolute Gasteiger partial charge is 0.0654 e. The normalized spacial score (nSPS) is 17.9. The van der Waals surface area contributed by atoms with Gasteiger partial charge < -0.3 is 0 Å². The van der Waals surface area contributed by atoms with Gasteiger partial charge in [-0.05, 0) is 83.4 Å². The lowest BCUT2D eigenvalue weighted by Crippen LogP contribution is -2.07. The fourth-order valence-corrected chi connectivity index (χ4v) is 4.54. The Balaban J connectivity index is 2.18. The molecule has 1 aromatic carbocycles. The molecule has 0 aliphatic heterocycles. The third-order valence-corrected chi connectivity index (χ3v) is 5.66. The summed E-state index contributed by atoms with van der Waals surface area (Å²) in [6.07, 6.45) is 13.8. The van der Waals surface area contributed by atoms with E-state index in [1.807, 2.05) is 0 Å². The van der Waals surface area contributed by atoms with Gasteiger partial charge in [-0.2, -0.15) is 0 Å². The molecule has 1 saturated carbocycles. The highest BCUT2D eigenvalue weighted by atomic mass is 127. The summed E-state index contributed by atoms with van der Waals surface area (Å²) in [6.45, 7) is 4.64. The molecule has 1 aliphatic carbocycles. The third kappa shape index (κ3) is 5.26. The highest BCUT2D eigenvalue weighted by Crippen LogP contribution is 2.36. The van der Waals surface area contributed by atoms with Crippen LogP contribution in [-0.2, 0) is 0 Å². The van der Waals surface area contributed by atoms with Gasteiger partial charge in [0.05, 0.1) is 0 Å². The zero-order chi connectivity index (χ0) is 15.1. The molecule has 0 saturated heterocycles. The highest BCUT2D eigenvalue weighted by Gasteiger charge is 2.18. The molecule has 0 amide bonds. The Morgan fingerprint density at radius 1 is 1.00 bits per heavy atom. The van der Waals surface area contributed by atoms with Gasteiger partial charge in [0.2, 0.25) is 0 Å². The lowest BCUT2D eigenvalue weighted by Gasteiger charge is -2.24. The smallest absolute Gasteiger partial charge is 0.0136 e. The van der Waals surface area contributed by atoms with E-state index in [9.17, 15) is 0 Å². The Morgan fingerprint density at radius 2 is 1.76 bits per heavy atom. The number of halogens is 1. The first-order valence-electron chi connectivity index (χ1n) is 9.05. The second kappa shape index (κ2) is 9.17. The Kier molecular flexibility index (Phi) is 7.56. The van der Waals surface area contributed by atoms with Gasteiger partial charge in [0.25, 0.3) is 0 Å². The summed E-state index contributed by atoms with van der Waals surface area (Å²) < 4.78 is 1.45. The van der Waals surface area contributed by atoms with E-state index >= 15 is 0 Å². The molecule has 1 heteroatoms. The molecule has 2 rings (SSSR count). The number of hydrogen-bond acceptors (Lipinski definition) is 0. The van der Waals surface area contributed by atoms with E-state index in [0.29, 0.717) is 0 Å². The van der Waals surface area contributed by atoms with Crippen LogP contribution in [0.25, 0.3) is 0 Å². The molecular weight excluding hydrogens is 367 g/mol. The summed E-state index contributed by atoms with van der Waals surface area (Å²) in [5.74, 6) is 1.62. The minimum Gasteiger partial charge on any atom is -0.0654 e. The average Bonchev–Trinajstić information content (AvgIpc) is 2.51. The molecule has 1 aliphatic rings. The summed E-state index contributed by atoms with van der Waals surface area (Å²) in [5.41, 5.74) is 3.26. The maximum absolute atomic E-state index is 2.56. The lowest BCUT2D eigenvalue weighted by atomic mass is 9.81.